The van der Waals surface area contributed by atoms with E-state index < -0.39 is 0 Å². The van der Waals surface area contributed by atoms with E-state index >= 15 is 0 Å². The van der Waals surface area contributed by atoms with Gasteiger partial charge in [0.1, 0.15) is 5.75 Å². The molecule has 0 aliphatic carbocycles. The third-order valence-electron chi connectivity index (χ3n) is 3.28. The van der Waals surface area contributed by atoms with Gasteiger partial charge < -0.3 is 14.9 Å². The summed E-state index contributed by atoms with van der Waals surface area (Å²) in [5.74, 6) is 0.858. The highest BCUT2D eigenvalue weighted by Gasteiger charge is 2.11. The van der Waals surface area contributed by atoms with Gasteiger partial charge in [-0.1, -0.05) is 23.8 Å². The van der Waals surface area contributed by atoms with E-state index in [0.717, 1.165) is 16.7 Å². The predicted octanol–water partition coefficient (Wildman–Crippen LogP) is 4.28. The molecule has 0 unspecified atom stereocenters. The number of methoxy groups -OCH3 is 1. The van der Waals surface area contributed by atoms with Crippen LogP contribution in [-0.4, -0.2) is 17.3 Å². The second-order valence-electron chi connectivity index (χ2n) is 5.22. The molecule has 2 N–H and O–H groups in total. The molecule has 2 rings (SSSR count). The van der Waals surface area contributed by atoms with Crippen LogP contribution in [0.4, 0.5) is 0 Å². The standard InChI is InChI=1S/C18H20O3/c1-12(2)4-5-14-10-15(11-17(20)18(14)21-3)13-6-8-16(19)9-7-13/h4,6-11,19-20H,5H2,1-3H3. The van der Waals surface area contributed by atoms with Gasteiger partial charge in [-0.15, -0.1) is 0 Å². The molecule has 0 heterocycles. The van der Waals surface area contributed by atoms with Crippen LogP contribution in [0.25, 0.3) is 11.1 Å². The third-order valence-corrected chi connectivity index (χ3v) is 3.28. The Bertz CT molecular complexity index is 651. The molecule has 0 aliphatic rings. The lowest BCUT2D eigenvalue weighted by atomic mass is 9.99. The molecule has 0 saturated carbocycles. The fraction of sp³-hybridized carbons (Fsp3) is 0.222. The van der Waals surface area contributed by atoms with Crippen LogP contribution in [0.15, 0.2) is 48.0 Å². The Morgan fingerprint density at radius 3 is 2.29 bits per heavy atom. The number of hydrogen-bond donors (Lipinski definition) is 2. The zero-order chi connectivity index (χ0) is 15.4. The normalized spacial score (nSPS) is 10.2. The summed E-state index contributed by atoms with van der Waals surface area (Å²) in [4.78, 5) is 0. The highest BCUT2D eigenvalue weighted by molar-refractivity contribution is 5.69. The molecule has 0 aromatic heterocycles. The summed E-state index contributed by atoms with van der Waals surface area (Å²) in [5, 5.41) is 19.5. The molecule has 0 radical (unpaired) electrons. The van der Waals surface area contributed by atoms with Crippen LogP contribution in [0, 0.1) is 0 Å². The van der Waals surface area contributed by atoms with Gasteiger partial charge in [0.2, 0.25) is 0 Å². The third kappa shape index (κ3) is 3.57. The molecule has 2 aromatic carbocycles. The van der Waals surface area contributed by atoms with Crippen molar-refractivity contribution in [3.63, 3.8) is 0 Å². The first-order valence-corrected chi connectivity index (χ1v) is 6.84. The van der Waals surface area contributed by atoms with Gasteiger partial charge in [-0.2, -0.15) is 0 Å². The summed E-state index contributed by atoms with van der Waals surface area (Å²) in [6.07, 6.45) is 2.79. The van der Waals surface area contributed by atoms with Gasteiger partial charge in [-0.25, -0.2) is 0 Å². The minimum absolute atomic E-state index is 0.125. The van der Waals surface area contributed by atoms with Gasteiger partial charge >= 0.3 is 0 Å². The number of phenols is 2. The zero-order valence-electron chi connectivity index (χ0n) is 12.6. The first-order chi connectivity index (χ1) is 10.0. The molecule has 2 aromatic rings. The second-order valence-corrected chi connectivity index (χ2v) is 5.22. The van der Waals surface area contributed by atoms with Gasteiger partial charge in [0, 0.05) is 5.56 Å². The van der Waals surface area contributed by atoms with Crippen molar-refractivity contribution in [1.29, 1.82) is 0 Å². The van der Waals surface area contributed by atoms with E-state index in [-0.39, 0.29) is 11.5 Å². The molecule has 0 fully saturated rings. The maximum atomic E-state index is 10.2. The van der Waals surface area contributed by atoms with Crippen LogP contribution in [0.2, 0.25) is 0 Å². The zero-order valence-corrected chi connectivity index (χ0v) is 12.6. The number of benzene rings is 2. The van der Waals surface area contributed by atoms with Gasteiger partial charge in [0.25, 0.3) is 0 Å². The maximum Gasteiger partial charge on any atom is 0.164 e. The predicted molar refractivity (Wildman–Crippen MR) is 84.9 cm³/mol. The summed E-state index contributed by atoms with van der Waals surface area (Å²) < 4.78 is 5.30. The van der Waals surface area contributed by atoms with E-state index in [1.165, 1.54) is 5.57 Å². The Hall–Kier alpha value is -2.42. The molecule has 3 heteroatoms. The summed E-state index contributed by atoms with van der Waals surface area (Å²) >= 11 is 0. The summed E-state index contributed by atoms with van der Waals surface area (Å²) in [6, 6.07) is 10.6. The molecular formula is C18H20O3. The molecule has 0 saturated heterocycles. The summed E-state index contributed by atoms with van der Waals surface area (Å²) in [6.45, 7) is 4.08. The fourth-order valence-electron chi connectivity index (χ4n) is 2.19. The molecule has 3 nitrogen and oxygen atoms in total. The second kappa shape index (κ2) is 6.35. The van der Waals surface area contributed by atoms with Crippen molar-refractivity contribution >= 4 is 0 Å². The topological polar surface area (TPSA) is 49.7 Å². The molecule has 0 aliphatic heterocycles. The van der Waals surface area contributed by atoms with Crippen LogP contribution in [0.5, 0.6) is 17.2 Å². The van der Waals surface area contributed by atoms with Crippen molar-refractivity contribution in [3.05, 3.63) is 53.6 Å². The summed E-state index contributed by atoms with van der Waals surface area (Å²) in [7, 11) is 1.56. The van der Waals surface area contributed by atoms with Gasteiger partial charge in [-0.3, -0.25) is 0 Å². The molecule has 110 valence electrons. The molecular weight excluding hydrogens is 264 g/mol. The van der Waals surface area contributed by atoms with Crippen molar-refractivity contribution in [2.45, 2.75) is 20.3 Å². The average molecular weight is 284 g/mol. The van der Waals surface area contributed by atoms with Crippen molar-refractivity contribution in [1.82, 2.24) is 0 Å². The smallest absolute Gasteiger partial charge is 0.164 e. The van der Waals surface area contributed by atoms with Gasteiger partial charge in [0.15, 0.2) is 11.5 Å². The largest absolute Gasteiger partial charge is 0.508 e. The number of hydrogen-bond acceptors (Lipinski definition) is 3. The number of aromatic hydroxyl groups is 2. The lowest BCUT2D eigenvalue weighted by Crippen LogP contribution is -1.93. The molecule has 21 heavy (non-hydrogen) atoms. The van der Waals surface area contributed by atoms with Crippen molar-refractivity contribution in [2.24, 2.45) is 0 Å². The van der Waals surface area contributed by atoms with Crippen LogP contribution < -0.4 is 4.74 Å². The van der Waals surface area contributed by atoms with Crippen molar-refractivity contribution < 1.29 is 14.9 Å². The van der Waals surface area contributed by atoms with Gasteiger partial charge in [-0.05, 0) is 55.7 Å². The van der Waals surface area contributed by atoms with E-state index in [1.54, 1.807) is 25.3 Å². The van der Waals surface area contributed by atoms with E-state index in [1.807, 2.05) is 32.0 Å². The SMILES string of the molecule is COc1c(O)cc(-c2ccc(O)cc2)cc1CC=C(C)C. The van der Waals surface area contributed by atoms with Crippen LogP contribution in [0.1, 0.15) is 19.4 Å². The van der Waals surface area contributed by atoms with Crippen LogP contribution in [0.3, 0.4) is 0 Å². The molecule has 0 atom stereocenters. The summed E-state index contributed by atoms with van der Waals surface area (Å²) in [5.41, 5.74) is 3.98. The number of phenolic OH excluding ortho intramolecular Hbond substituents is 2. The Morgan fingerprint density at radius 2 is 1.71 bits per heavy atom. The number of ether oxygens (including phenoxy) is 1. The highest BCUT2D eigenvalue weighted by Crippen LogP contribution is 2.36. The highest BCUT2D eigenvalue weighted by atomic mass is 16.5. The Balaban J connectivity index is 2.48. The van der Waals surface area contributed by atoms with E-state index in [2.05, 4.69) is 6.08 Å². The number of allylic oxidation sites excluding steroid dienone is 2. The maximum absolute atomic E-state index is 10.2. The van der Waals surface area contributed by atoms with Crippen LogP contribution >= 0.6 is 0 Å². The number of rotatable bonds is 4. The fourth-order valence-corrected chi connectivity index (χ4v) is 2.19. The molecule has 0 bridgehead atoms. The first kappa shape index (κ1) is 15.0. The minimum atomic E-state index is 0.125. The van der Waals surface area contributed by atoms with Crippen LogP contribution in [-0.2, 0) is 6.42 Å². The first-order valence-electron chi connectivity index (χ1n) is 6.84. The van der Waals surface area contributed by atoms with E-state index in [0.29, 0.717) is 12.2 Å². The van der Waals surface area contributed by atoms with E-state index in [9.17, 15) is 10.2 Å². The quantitative estimate of drug-likeness (QED) is 0.824. The van der Waals surface area contributed by atoms with E-state index in [4.69, 9.17) is 4.74 Å². The Labute approximate surface area is 125 Å². The molecule has 0 amide bonds. The lowest BCUT2D eigenvalue weighted by Gasteiger charge is -2.12. The Morgan fingerprint density at radius 1 is 1.05 bits per heavy atom. The molecule has 0 spiro atoms. The van der Waals surface area contributed by atoms with Gasteiger partial charge in [0.05, 0.1) is 7.11 Å². The Kier molecular flexibility index (Phi) is 4.53. The van der Waals surface area contributed by atoms with Crippen molar-refractivity contribution in [2.75, 3.05) is 7.11 Å². The van der Waals surface area contributed by atoms with Crippen molar-refractivity contribution in [3.8, 4) is 28.4 Å². The lowest BCUT2D eigenvalue weighted by molar-refractivity contribution is 0.370. The monoisotopic (exact) mass is 284 g/mol. The average Bonchev–Trinajstić information content (AvgIpc) is 2.45. The minimum Gasteiger partial charge on any atom is -0.508 e.